The molecule has 4 heteroatoms. The summed E-state index contributed by atoms with van der Waals surface area (Å²) in [5.74, 6) is 0.880. The van der Waals surface area contributed by atoms with Crippen LogP contribution in [0.5, 0.6) is 5.75 Å². The summed E-state index contributed by atoms with van der Waals surface area (Å²) in [5.41, 5.74) is 0.875. The highest BCUT2D eigenvalue weighted by atomic mass is 16.5. The lowest BCUT2D eigenvalue weighted by atomic mass is 10.2. The molecule has 1 aliphatic heterocycles. The highest BCUT2D eigenvalue weighted by Gasteiger charge is 2.20. The number of ether oxygens (including phenoxy) is 1. The Morgan fingerprint density at radius 2 is 2.31 bits per heavy atom. The van der Waals surface area contributed by atoms with Gasteiger partial charge in [-0.1, -0.05) is 12.1 Å². The second-order valence-electron chi connectivity index (χ2n) is 3.75. The molecule has 1 aliphatic rings. The number of carbonyl (C=O) groups excluding carboxylic acids is 1. The van der Waals surface area contributed by atoms with E-state index >= 15 is 0 Å². The molecule has 0 unspecified atom stereocenters. The average molecular weight is 220 g/mol. The summed E-state index contributed by atoms with van der Waals surface area (Å²) in [6.07, 6.45) is 0.865. The van der Waals surface area contributed by atoms with Crippen LogP contribution in [0.2, 0.25) is 0 Å². The van der Waals surface area contributed by atoms with Crippen LogP contribution in [0.25, 0.3) is 0 Å². The Labute approximate surface area is 95.2 Å². The van der Waals surface area contributed by atoms with E-state index in [1.807, 2.05) is 24.3 Å². The fraction of sp³-hybridized carbons (Fsp3) is 0.417. The summed E-state index contributed by atoms with van der Waals surface area (Å²) in [6, 6.07) is 7.67. The molecule has 0 aliphatic carbocycles. The monoisotopic (exact) mass is 220 g/mol. The average Bonchev–Trinajstić information content (AvgIpc) is 2.51. The third-order valence-electron chi connectivity index (χ3n) is 2.57. The quantitative estimate of drug-likeness (QED) is 0.809. The number of fused-ring (bicyclic) bond motifs is 1. The summed E-state index contributed by atoms with van der Waals surface area (Å²) in [7, 11) is 1.78. The molecule has 0 bridgehead atoms. The Balaban J connectivity index is 2.28. The van der Waals surface area contributed by atoms with Crippen LogP contribution in [0, 0.1) is 0 Å². The first-order valence-electron chi connectivity index (χ1n) is 5.49. The van der Waals surface area contributed by atoms with E-state index in [0.29, 0.717) is 13.2 Å². The molecule has 1 aromatic carbocycles. The minimum atomic E-state index is 0.0838. The number of amides is 1. The van der Waals surface area contributed by atoms with Crippen LogP contribution >= 0.6 is 0 Å². The second kappa shape index (κ2) is 4.99. The normalized spacial score (nSPS) is 14.9. The minimum absolute atomic E-state index is 0.0838. The van der Waals surface area contributed by atoms with Gasteiger partial charge in [-0.05, 0) is 25.6 Å². The van der Waals surface area contributed by atoms with Crippen LogP contribution in [0.15, 0.2) is 24.3 Å². The van der Waals surface area contributed by atoms with Crippen LogP contribution in [0.3, 0.4) is 0 Å². The fourth-order valence-electron chi connectivity index (χ4n) is 1.83. The van der Waals surface area contributed by atoms with E-state index in [4.69, 9.17) is 4.74 Å². The number of benzene rings is 1. The van der Waals surface area contributed by atoms with Gasteiger partial charge in [-0.2, -0.15) is 0 Å². The van der Waals surface area contributed by atoms with Crippen LogP contribution in [-0.4, -0.2) is 32.7 Å². The van der Waals surface area contributed by atoms with Crippen molar-refractivity contribution in [2.24, 2.45) is 0 Å². The lowest BCUT2D eigenvalue weighted by Gasteiger charge is -2.21. The highest BCUT2D eigenvalue weighted by molar-refractivity contribution is 5.96. The molecule has 0 aromatic heterocycles. The van der Waals surface area contributed by atoms with Gasteiger partial charge in [0.05, 0.1) is 18.8 Å². The van der Waals surface area contributed by atoms with Crippen molar-refractivity contribution in [2.45, 2.75) is 6.42 Å². The van der Waals surface area contributed by atoms with Crippen molar-refractivity contribution in [2.75, 3.05) is 31.6 Å². The Bertz CT molecular complexity index is 379. The zero-order valence-electron chi connectivity index (χ0n) is 9.40. The smallest absolute Gasteiger partial charge is 0.241 e. The van der Waals surface area contributed by atoms with Gasteiger partial charge in [-0.3, -0.25) is 4.79 Å². The van der Waals surface area contributed by atoms with Gasteiger partial charge in [0, 0.05) is 6.54 Å². The second-order valence-corrected chi connectivity index (χ2v) is 3.75. The van der Waals surface area contributed by atoms with Crippen molar-refractivity contribution in [3.8, 4) is 5.75 Å². The van der Waals surface area contributed by atoms with Crippen molar-refractivity contribution in [1.29, 1.82) is 0 Å². The molecular weight excluding hydrogens is 204 g/mol. The van der Waals surface area contributed by atoms with Crippen LogP contribution in [0.4, 0.5) is 5.69 Å². The molecule has 2 rings (SSSR count). The van der Waals surface area contributed by atoms with E-state index in [1.54, 1.807) is 11.9 Å². The maximum atomic E-state index is 11.9. The SMILES string of the molecule is CNCC(=O)N1CCCOc2ccccc21. The summed E-state index contributed by atoms with van der Waals surface area (Å²) in [6.45, 7) is 1.74. The van der Waals surface area contributed by atoms with Gasteiger partial charge in [0.2, 0.25) is 5.91 Å². The van der Waals surface area contributed by atoms with E-state index in [-0.39, 0.29) is 5.91 Å². The van der Waals surface area contributed by atoms with E-state index in [9.17, 15) is 4.79 Å². The van der Waals surface area contributed by atoms with Gasteiger partial charge in [0.1, 0.15) is 5.75 Å². The molecule has 1 amide bonds. The third kappa shape index (κ3) is 2.17. The van der Waals surface area contributed by atoms with Crippen LogP contribution < -0.4 is 15.0 Å². The molecule has 4 nitrogen and oxygen atoms in total. The standard InChI is InChI=1S/C12H16N2O2/c1-13-9-12(15)14-7-4-8-16-11-6-3-2-5-10(11)14/h2-3,5-6,13H,4,7-9H2,1H3. The molecule has 16 heavy (non-hydrogen) atoms. The summed E-state index contributed by atoms with van der Waals surface area (Å²) in [4.78, 5) is 13.7. The van der Waals surface area contributed by atoms with Crippen LogP contribution in [0.1, 0.15) is 6.42 Å². The minimum Gasteiger partial charge on any atom is -0.491 e. The van der Waals surface area contributed by atoms with Gasteiger partial charge < -0.3 is 15.0 Å². The van der Waals surface area contributed by atoms with E-state index in [1.165, 1.54) is 0 Å². The number of rotatable bonds is 2. The number of likely N-dealkylation sites (N-methyl/N-ethyl adjacent to an activating group) is 1. The predicted molar refractivity (Wildman–Crippen MR) is 62.8 cm³/mol. The number of hydrogen-bond donors (Lipinski definition) is 1. The van der Waals surface area contributed by atoms with Gasteiger partial charge in [-0.25, -0.2) is 0 Å². The number of carbonyl (C=O) groups is 1. The first-order valence-corrected chi connectivity index (χ1v) is 5.49. The van der Waals surface area contributed by atoms with Gasteiger partial charge >= 0.3 is 0 Å². The maximum Gasteiger partial charge on any atom is 0.241 e. The van der Waals surface area contributed by atoms with Crippen molar-refractivity contribution in [1.82, 2.24) is 5.32 Å². The Morgan fingerprint density at radius 3 is 3.12 bits per heavy atom. The molecule has 86 valence electrons. The Hall–Kier alpha value is -1.55. The number of para-hydroxylation sites is 2. The van der Waals surface area contributed by atoms with Crippen molar-refractivity contribution in [3.05, 3.63) is 24.3 Å². The number of anilines is 1. The number of nitrogens with zero attached hydrogens (tertiary/aromatic N) is 1. The summed E-state index contributed by atoms with van der Waals surface area (Å²) in [5, 5.41) is 2.88. The van der Waals surface area contributed by atoms with Crippen molar-refractivity contribution >= 4 is 11.6 Å². The van der Waals surface area contributed by atoms with E-state index in [2.05, 4.69) is 5.32 Å². The van der Waals surface area contributed by atoms with Gasteiger partial charge in [-0.15, -0.1) is 0 Å². The summed E-state index contributed by atoms with van der Waals surface area (Å²) >= 11 is 0. The molecule has 1 heterocycles. The third-order valence-corrected chi connectivity index (χ3v) is 2.57. The molecule has 0 saturated carbocycles. The molecule has 1 N–H and O–H groups in total. The number of hydrogen-bond acceptors (Lipinski definition) is 3. The molecule has 0 saturated heterocycles. The van der Waals surface area contributed by atoms with Gasteiger partial charge in [0.15, 0.2) is 0 Å². The summed E-state index contributed by atoms with van der Waals surface area (Å²) < 4.78 is 5.59. The topological polar surface area (TPSA) is 41.6 Å². The van der Waals surface area contributed by atoms with E-state index in [0.717, 1.165) is 24.4 Å². The van der Waals surface area contributed by atoms with Crippen molar-refractivity contribution < 1.29 is 9.53 Å². The molecular formula is C12H16N2O2. The van der Waals surface area contributed by atoms with Gasteiger partial charge in [0.25, 0.3) is 0 Å². The van der Waals surface area contributed by atoms with Crippen molar-refractivity contribution in [3.63, 3.8) is 0 Å². The lowest BCUT2D eigenvalue weighted by Crippen LogP contribution is -2.37. The predicted octanol–water partition coefficient (Wildman–Crippen LogP) is 1.02. The molecule has 0 fully saturated rings. The largest absolute Gasteiger partial charge is 0.491 e. The molecule has 0 atom stereocenters. The maximum absolute atomic E-state index is 11.9. The molecule has 0 spiro atoms. The first kappa shape index (κ1) is 11.0. The molecule has 0 radical (unpaired) electrons. The fourth-order valence-corrected chi connectivity index (χ4v) is 1.83. The number of nitrogens with one attached hydrogen (secondary N) is 1. The molecule has 1 aromatic rings. The Morgan fingerprint density at radius 1 is 1.50 bits per heavy atom. The van der Waals surface area contributed by atoms with E-state index < -0.39 is 0 Å². The first-order chi connectivity index (χ1) is 7.83. The highest BCUT2D eigenvalue weighted by Crippen LogP contribution is 2.30. The lowest BCUT2D eigenvalue weighted by molar-refractivity contribution is -0.117. The zero-order chi connectivity index (χ0) is 11.4. The zero-order valence-corrected chi connectivity index (χ0v) is 9.40. The van der Waals surface area contributed by atoms with Crippen LogP contribution in [-0.2, 0) is 4.79 Å². The Kier molecular flexibility index (Phi) is 3.41.